The molecule has 0 aliphatic rings. The van der Waals surface area contributed by atoms with Gasteiger partial charge in [-0.3, -0.25) is 0 Å². The Kier molecular flexibility index (Phi) is 6.04. The molecule has 2 nitrogen and oxygen atoms in total. The molecule has 2 atom stereocenters. The summed E-state index contributed by atoms with van der Waals surface area (Å²) >= 11 is 0. The number of hydrogen-bond donors (Lipinski definition) is 2. The molecule has 0 saturated carbocycles. The molecule has 30 heavy (non-hydrogen) atoms. The van der Waals surface area contributed by atoms with Crippen LogP contribution in [0.2, 0.25) is 0 Å². The van der Waals surface area contributed by atoms with E-state index in [2.05, 4.69) is 10.6 Å². The van der Waals surface area contributed by atoms with E-state index in [9.17, 15) is 8.78 Å². The largest absolute Gasteiger partial charge is 0.376 e. The first-order valence-corrected chi connectivity index (χ1v) is 9.83. The van der Waals surface area contributed by atoms with Crippen LogP contribution >= 0.6 is 0 Å². The molecule has 0 aliphatic heterocycles. The number of nitrogens with one attached hydrogen (secondary N) is 2. The van der Waals surface area contributed by atoms with Crippen LogP contribution in [-0.4, -0.2) is 0 Å². The minimum absolute atomic E-state index is 0.237. The van der Waals surface area contributed by atoms with E-state index in [-0.39, 0.29) is 23.7 Å². The van der Waals surface area contributed by atoms with Crippen LogP contribution in [0.5, 0.6) is 0 Å². The summed E-state index contributed by atoms with van der Waals surface area (Å²) in [6.45, 7) is 0. The van der Waals surface area contributed by atoms with Gasteiger partial charge in [0.1, 0.15) is 11.6 Å². The van der Waals surface area contributed by atoms with Gasteiger partial charge in [0.2, 0.25) is 0 Å². The number of hydrogen-bond acceptors (Lipinski definition) is 2. The van der Waals surface area contributed by atoms with Crippen LogP contribution in [-0.2, 0) is 0 Å². The lowest BCUT2D eigenvalue weighted by Crippen LogP contribution is -2.25. The molecule has 0 spiro atoms. The molecule has 0 bridgehead atoms. The van der Waals surface area contributed by atoms with Crippen LogP contribution in [0, 0.1) is 11.6 Å². The van der Waals surface area contributed by atoms with Crippen molar-refractivity contribution in [2.45, 2.75) is 12.1 Å². The fourth-order valence-electron chi connectivity index (χ4n) is 3.49. The third kappa shape index (κ3) is 4.84. The Hall–Kier alpha value is -3.66. The van der Waals surface area contributed by atoms with E-state index in [0.717, 1.165) is 22.5 Å². The summed E-state index contributed by atoms with van der Waals surface area (Å²) < 4.78 is 27.2. The maximum Gasteiger partial charge on any atom is 0.123 e. The molecular formula is C26H22F2N2. The maximum atomic E-state index is 13.6. The molecule has 2 N–H and O–H groups in total. The van der Waals surface area contributed by atoms with Gasteiger partial charge in [-0.25, -0.2) is 8.78 Å². The highest BCUT2D eigenvalue weighted by molar-refractivity contribution is 5.51. The monoisotopic (exact) mass is 400 g/mol. The molecule has 0 amide bonds. The van der Waals surface area contributed by atoms with Crippen molar-refractivity contribution in [1.82, 2.24) is 0 Å². The fourth-order valence-corrected chi connectivity index (χ4v) is 3.49. The molecule has 150 valence electrons. The summed E-state index contributed by atoms with van der Waals surface area (Å²) in [4.78, 5) is 0. The van der Waals surface area contributed by atoms with Gasteiger partial charge in [-0.2, -0.15) is 0 Å². The van der Waals surface area contributed by atoms with Crippen molar-refractivity contribution in [2.75, 3.05) is 10.6 Å². The summed E-state index contributed by atoms with van der Waals surface area (Å²) in [6.07, 6.45) is 0. The molecule has 0 radical (unpaired) electrons. The minimum Gasteiger partial charge on any atom is -0.376 e. The molecule has 0 heterocycles. The molecule has 4 aromatic carbocycles. The second-order valence-corrected chi connectivity index (χ2v) is 7.08. The van der Waals surface area contributed by atoms with E-state index in [1.807, 2.05) is 60.7 Å². The van der Waals surface area contributed by atoms with Gasteiger partial charge in [0.25, 0.3) is 0 Å². The Balaban J connectivity index is 1.78. The standard InChI is InChI=1S/C26H22F2N2/c27-21-15-11-19(12-16-21)25(29-23-7-3-1-4-8-23)26(20-13-17-22(28)18-14-20)30-24-9-5-2-6-10-24/h1-18,25-26,29-30H. The second kappa shape index (κ2) is 9.23. The van der Waals surface area contributed by atoms with Gasteiger partial charge in [0, 0.05) is 11.4 Å². The summed E-state index contributed by atoms with van der Waals surface area (Å²) in [5.74, 6) is -0.571. The van der Waals surface area contributed by atoms with Gasteiger partial charge in [-0.15, -0.1) is 0 Å². The van der Waals surface area contributed by atoms with Gasteiger partial charge in [0.15, 0.2) is 0 Å². The predicted octanol–water partition coefficient (Wildman–Crippen LogP) is 6.97. The number of rotatable bonds is 7. The number of benzene rings is 4. The lowest BCUT2D eigenvalue weighted by atomic mass is 9.92. The van der Waals surface area contributed by atoms with E-state index in [4.69, 9.17) is 0 Å². The zero-order chi connectivity index (χ0) is 20.8. The molecule has 4 aromatic rings. The van der Waals surface area contributed by atoms with Crippen molar-refractivity contribution in [3.05, 3.63) is 132 Å². The molecule has 0 saturated heterocycles. The van der Waals surface area contributed by atoms with Gasteiger partial charge in [0.05, 0.1) is 12.1 Å². The molecule has 0 aliphatic carbocycles. The Morgan fingerprint density at radius 3 is 1.10 bits per heavy atom. The van der Waals surface area contributed by atoms with Crippen molar-refractivity contribution in [3.8, 4) is 0 Å². The van der Waals surface area contributed by atoms with Crippen LogP contribution in [0.3, 0.4) is 0 Å². The van der Waals surface area contributed by atoms with Crippen LogP contribution in [0.1, 0.15) is 23.2 Å². The average molecular weight is 400 g/mol. The van der Waals surface area contributed by atoms with Gasteiger partial charge in [-0.1, -0.05) is 60.7 Å². The van der Waals surface area contributed by atoms with Gasteiger partial charge in [-0.05, 0) is 59.7 Å². The second-order valence-electron chi connectivity index (χ2n) is 7.08. The zero-order valence-electron chi connectivity index (χ0n) is 16.3. The summed E-state index contributed by atoms with van der Waals surface area (Å²) in [5, 5.41) is 7.14. The van der Waals surface area contributed by atoms with Crippen LogP contribution < -0.4 is 10.6 Å². The molecule has 2 unspecified atom stereocenters. The summed E-state index contributed by atoms with van der Waals surface area (Å²) in [7, 11) is 0. The number of para-hydroxylation sites is 2. The van der Waals surface area contributed by atoms with Gasteiger partial charge >= 0.3 is 0 Å². The Bertz CT molecular complexity index is 961. The van der Waals surface area contributed by atoms with E-state index >= 15 is 0 Å². The molecule has 0 fully saturated rings. The third-order valence-electron chi connectivity index (χ3n) is 4.98. The first kappa shape index (κ1) is 19.6. The Morgan fingerprint density at radius 1 is 0.433 bits per heavy atom. The van der Waals surface area contributed by atoms with E-state index in [1.165, 1.54) is 24.3 Å². The highest BCUT2D eigenvalue weighted by Crippen LogP contribution is 2.35. The molecular weight excluding hydrogens is 378 g/mol. The topological polar surface area (TPSA) is 24.1 Å². The van der Waals surface area contributed by atoms with Crippen molar-refractivity contribution in [2.24, 2.45) is 0 Å². The molecule has 4 heteroatoms. The van der Waals surface area contributed by atoms with E-state index in [1.54, 1.807) is 24.3 Å². The van der Waals surface area contributed by atoms with Crippen molar-refractivity contribution < 1.29 is 8.78 Å². The summed E-state index contributed by atoms with van der Waals surface area (Å²) in [6, 6.07) is 32.2. The zero-order valence-corrected chi connectivity index (χ0v) is 16.3. The predicted molar refractivity (Wildman–Crippen MR) is 118 cm³/mol. The van der Waals surface area contributed by atoms with Crippen molar-refractivity contribution in [1.29, 1.82) is 0 Å². The lowest BCUT2D eigenvalue weighted by Gasteiger charge is -2.31. The van der Waals surface area contributed by atoms with E-state index in [0.29, 0.717) is 0 Å². The SMILES string of the molecule is Fc1ccc(C(Nc2ccccc2)C(Nc2ccccc2)c2ccc(F)cc2)cc1. The molecule has 4 rings (SSSR count). The Labute approximate surface area is 175 Å². The highest BCUT2D eigenvalue weighted by Gasteiger charge is 2.25. The van der Waals surface area contributed by atoms with Crippen LogP contribution in [0.4, 0.5) is 20.2 Å². The summed E-state index contributed by atoms with van der Waals surface area (Å²) in [5.41, 5.74) is 3.71. The smallest absolute Gasteiger partial charge is 0.123 e. The quantitative estimate of drug-likeness (QED) is 0.350. The number of anilines is 2. The van der Waals surface area contributed by atoms with Crippen molar-refractivity contribution >= 4 is 11.4 Å². The first-order chi connectivity index (χ1) is 14.7. The normalized spacial score (nSPS) is 12.7. The minimum atomic E-state index is -0.286. The fraction of sp³-hybridized carbons (Fsp3) is 0.0769. The average Bonchev–Trinajstić information content (AvgIpc) is 2.79. The van der Waals surface area contributed by atoms with Crippen LogP contribution in [0.15, 0.2) is 109 Å². The first-order valence-electron chi connectivity index (χ1n) is 9.83. The van der Waals surface area contributed by atoms with E-state index < -0.39 is 0 Å². The molecule has 0 aromatic heterocycles. The van der Waals surface area contributed by atoms with Crippen molar-refractivity contribution in [3.63, 3.8) is 0 Å². The Morgan fingerprint density at radius 2 is 0.767 bits per heavy atom. The number of halogens is 2. The third-order valence-corrected chi connectivity index (χ3v) is 4.98. The van der Waals surface area contributed by atoms with Gasteiger partial charge < -0.3 is 10.6 Å². The maximum absolute atomic E-state index is 13.6. The highest BCUT2D eigenvalue weighted by atomic mass is 19.1. The van der Waals surface area contributed by atoms with Crippen LogP contribution in [0.25, 0.3) is 0 Å². The lowest BCUT2D eigenvalue weighted by molar-refractivity contribution is 0.613.